The molecule has 5 nitrogen and oxygen atoms in total. The van der Waals surface area contributed by atoms with Crippen LogP contribution >= 0.6 is 0 Å². The number of fused-ring (bicyclic) bond motifs is 1. The van der Waals surface area contributed by atoms with Crippen LogP contribution in [0.25, 0.3) is 0 Å². The Kier molecular flexibility index (Phi) is 3.61. The monoisotopic (exact) mass is 276 g/mol. The molecule has 108 valence electrons. The van der Waals surface area contributed by atoms with Crippen molar-refractivity contribution in [2.24, 2.45) is 0 Å². The van der Waals surface area contributed by atoms with Gasteiger partial charge in [-0.25, -0.2) is 0 Å². The van der Waals surface area contributed by atoms with Gasteiger partial charge in [0.1, 0.15) is 0 Å². The Morgan fingerprint density at radius 3 is 2.90 bits per heavy atom. The van der Waals surface area contributed by atoms with Crippen LogP contribution in [0.15, 0.2) is 18.2 Å². The summed E-state index contributed by atoms with van der Waals surface area (Å²) in [5.41, 5.74) is 2.02. The first-order valence-electron chi connectivity index (χ1n) is 7.30. The smallest absolute Gasteiger partial charge is 0.272 e. The van der Waals surface area contributed by atoms with Gasteiger partial charge < -0.3 is 9.64 Å². The van der Waals surface area contributed by atoms with E-state index in [-0.39, 0.29) is 10.6 Å². The highest BCUT2D eigenvalue weighted by molar-refractivity contribution is 5.56. The predicted molar refractivity (Wildman–Crippen MR) is 77.2 cm³/mol. The van der Waals surface area contributed by atoms with Crippen LogP contribution in [0.5, 0.6) is 0 Å². The lowest BCUT2D eigenvalue weighted by Gasteiger charge is -2.45. The maximum absolute atomic E-state index is 10.9. The number of aryl methyl sites for hydroxylation is 1. The van der Waals surface area contributed by atoms with E-state index >= 15 is 0 Å². The van der Waals surface area contributed by atoms with E-state index in [2.05, 4.69) is 4.90 Å². The number of benzene rings is 1. The summed E-state index contributed by atoms with van der Waals surface area (Å²) in [6.45, 7) is 3.43. The number of anilines is 1. The first kappa shape index (κ1) is 13.4. The Labute approximate surface area is 118 Å². The standard InChI is InChI=1S/C15H20N2O3/c1-11-10-12(6-7-13(11)17(18)19)16-8-9-20-15-5-3-2-4-14(15)16/h6-7,10,14-15H,2-5,8-9H2,1H3. The molecule has 1 aromatic rings. The lowest BCUT2D eigenvalue weighted by Crippen LogP contribution is -2.52. The van der Waals surface area contributed by atoms with Crippen LogP contribution in [0.1, 0.15) is 31.2 Å². The van der Waals surface area contributed by atoms with Gasteiger partial charge in [0.25, 0.3) is 5.69 Å². The molecule has 1 heterocycles. The summed E-state index contributed by atoms with van der Waals surface area (Å²) in [7, 11) is 0. The fraction of sp³-hybridized carbons (Fsp3) is 0.600. The van der Waals surface area contributed by atoms with Crippen molar-refractivity contribution in [3.63, 3.8) is 0 Å². The topological polar surface area (TPSA) is 55.6 Å². The predicted octanol–water partition coefficient (Wildman–Crippen LogP) is 3.05. The fourth-order valence-electron chi connectivity index (χ4n) is 3.44. The normalized spacial score (nSPS) is 26.1. The van der Waals surface area contributed by atoms with Crippen LogP contribution < -0.4 is 4.90 Å². The Morgan fingerprint density at radius 1 is 1.35 bits per heavy atom. The molecule has 1 aliphatic carbocycles. The fourth-order valence-corrected chi connectivity index (χ4v) is 3.44. The van der Waals surface area contributed by atoms with E-state index in [4.69, 9.17) is 4.74 Å². The van der Waals surface area contributed by atoms with Gasteiger partial charge in [0, 0.05) is 23.9 Å². The molecule has 3 rings (SSSR count). The maximum Gasteiger partial charge on any atom is 0.272 e. The molecule has 1 saturated carbocycles. The zero-order valence-electron chi connectivity index (χ0n) is 11.7. The van der Waals surface area contributed by atoms with Crippen LogP contribution in [0, 0.1) is 17.0 Å². The first-order chi connectivity index (χ1) is 9.66. The summed E-state index contributed by atoms with van der Waals surface area (Å²) < 4.78 is 5.88. The molecule has 2 aliphatic rings. The van der Waals surface area contributed by atoms with Crippen molar-refractivity contribution in [1.82, 2.24) is 0 Å². The minimum absolute atomic E-state index is 0.196. The van der Waals surface area contributed by atoms with E-state index in [0.29, 0.717) is 12.1 Å². The Morgan fingerprint density at radius 2 is 2.15 bits per heavy atom. The molecular weight excluding hydrogens is 256 g/mol. The average molecular weight is 276 g/mol. The third-order valence-electron chi connectivity index (χ3n) is 4.44. The highest BCUT2D eigenvalue weighted by Gasteiger charge is 2.34. The molecule has 2 atom stereocenters. The number of nitrogens with zero attached hydrogens (tertiary/aromatic N) is 2. The third kappa shape index (κ3) is 2.38. The summed E-state index contributed by atoms with van der Waals surface area (Å²) in [5, 5.41) is 10.9. The minimum Gasteiger partial charge on any atom is -0.374 e. The molecule has 2 fully saturated rings. The Hall–Kier alpha value is -1.62. The zero-order valence-corrected chi connectivity index (χ0v) is 11.7. The van der Waals surface area contributed by atoms with Crippen molar-refractivity contribution >= 4 is 11.4 Å². The molecule has 0 N–H and O–H groups in total. The quantitative estimate of drug-likeness (QED) is 0.615. The van der Waals surface area contributed by atoms with Crippen molar-refractivity contribution < 1.29 is 9.66 Å². The number of hydrogen-bond acceptors (Lipinski definition) is 4. The summed E-state index contributed by atoms with van der Waals surface area (Å²) >= 11 is 0. The number of nitro groups is 1. The summed E-state index contributed by atoms with van der Waals surface area (Å²) in [6, 6.07) is 5.87. The van der Waals surface area contributed by atoms with Crippen LogP contribution in [0.4, 0.5) is 11.4 Å². The molecular formula is C15H20N2O3. The van der Waals surface area contributed by atoms with Gasteiger partial charge in [0.15, 0.2) is 0 Å². The molecule has 0 amide bonds. The molecule has 0 bridgehead atoms. The van der Waals surface area contributed by atoms with E-state index in [0.717, 1.165) is 37.2 Å². The van der Waals surface area contributed by atoms with E-state index in [9.17, 15) is 10.1 Å². The van der Waals surface area contributed by atoms with Crippen LogP contribution in [-0.4, -0.2) is 30.2 Å². The SMILES string of the molecule is Cc1cc(N2CCOC3CCCCC32)ccc1[N+](=O)[O-]. The van der Waals surface area contributed by atoms with Gasteiger partial charge in [0.2, 0.25) is 0 Å². The minimum atomic E-state index is -0.318. The first-order valence-corrected chi connectivity index (χ1v) is 7.30. The van der Waals surface area contributed by atoms with E-state index in [1.54, 1.807) is 13.0 Å². The van der Waals surface area contributed by atoms with Gasteiger partial charge in [-0.05, 0) is 31.9 Å². The lowest BCUT2D eigenvalue weighted by atomic mass is 9.89. The maximum atomic E-state index is 10.9. The lowest BCUT2D eigenvalue weighted by molar-refractivity contribution is -0.385. The molecule has 20 heavy (non-hydrogen) atoms. The zero-order chi connectivity index (χ0) is 14.1. The van der Waals surface area contributed by atoms with Crippen molar-refractivity contribution in [3.8, 4) is 0 Å². The van der Waals surface area contributed by atoms with Crippen LogP contribution in [0.2, 0.25) is 0 Å². The highest BCUT2D eigenvalue weighted by Crippen LogP contribution is 2.33. The molecule has 0 spiro atoms. The number of nitro benzene ring substituents is 1. The van der Waals surface area contributed by atoms with Crippen LogP contribution in [-0.2, 0) is 4.74 Å². The van der Waals surface area contributed by atoms with Crippen molar-refractivity contribution in [1.29, 1.82) is 0 Å². The molecule has 5 heteroatoms. The van der Waals surface area contributed by atoms with E-state index < -0.39 is 0 Å². The summed E-state index contributed by atoms with van der Waals surface area (Å²) in [5.74, 6) is 0. The van der Waals surface area contributed by atoms with Crippen LogP contribution in [0.3, 0.4) is 0 Å². The average Bonchev–Trinajstić information content (AvgIpc) is 2.46. The second-order valence-electron chi connectivity index (χ2n) is 5.68. The van der Waals surface area contributed by atoms with Crippen molar-refractivity contribution in [2.75, 3.05) is 18.1 Å². The summed E-state index contributed by atoms with van der Waals surface area (Å²) in [4.78, 5) is 13.0. The van der Waals surface area contributed by atoms with E-state index in [1.165, 1.54) is 12.8 Å². The molecule has 1 aliphatic heterocycles. The number of hydrogen-bond donors (Lipinski definition) is 0. The summed E-state index contributed by atoms with van der Waals surface area (Å²) in [6.07, 6.45) is 5.10. The largest absolute Gasteiger partial charge is 0.374 e. The van der Waals surface area contributed by atoms with Crippen molar-refractivity contribution in [2.45, 2.75) is 44.8 Å². The van der Waals surface area contributed by atoms with Gasteiger partial charge in [-0.15, -0.1) is 0 Å². The number of ether oxygens (including phenoxy) is 1. The number of rotatable bonds is 2. The second kappa shape index (κ2) is 5.40. The molecule has 2 unspecified atom stereocenters. The van der Waals surface area contributed by atoms with Gasteiger partial charge in [-0.3, -0.25) is 10.1 Å². The van der Waals surface area contributed by atoms with Crippen molar-refractivity contribution in [3.05, 3.63) is 33.9 Å². The van der Waals surface area contributed by atoms with Gasteiger partial charge in [-0.2, -0.15) is 0 Å². The molecule has 0 radical (unpaired) electrons. The highest BCUT2D eigenvalue weighted by atomic mass is 16.6. The number of morpholine rings is 1. The van der Waals surface area contributed by atoms with Gasteiger partial charge in [0.05, 0.1) is 23.7 Å². The second-order valence-corrected chi connectivity index (χ2v) is 5.68. The molecule has 1 aromatic carbocycles. The van der Waals surface area contributed by atoms with Gasteiger partial charge >= 0.3 is 0 Å². The molecule has 0 aromatic heterocycles. The molecule has 1 saturated heterocycles. The Balaban J connectivity index is 1.87. The van der Waals surface area contributed by atoms with E-state index in [1.807, 2.05) is 12.1 Å². The third-order valence-corrected chi connectivity index (χ3v) is 4.44. The van der Waals surface area contributed by atoms with Gasteiger partial charge in [-0.1, -0.05) is 12.8 Å². The Bertz CT molecular complexity index is 516.